The van der Waals surface area contributed by atoms with Gasteiger partial charge in [-0.05, 0) is 68.8 Å². The average molecular weight is 654 g/mol. The van der Waals surface area contributed by atoms with Crippen LogP contribution in [0.15, 0.2) is 139 Å². The van der Waals surface area contributed by atoms with Gasteiger partial charge in [0, 0.05) is 32.2 Å². The van der Waals surface area contributed by atoms with Crippen molar-refractivity contribution in [2.45, 2.75) is 5.41 Å². The number of nitriles is 2. The Morgan fingerprint density at radius 2 is 1.14 bits per heavy atom. The molecule has 2 heterocycles. The van der Waals surface area contributed by atoms with E-state index in [4.69, 9.17) is 15.0 Å². The van der Waals surface area contributed by atoms with E-state index in [-0.39, 0.29) is 0 Å². The number of fused-ring (bicyclic) bond motifs is 12. The Labute approximate surface area is 292 Å². The van der Waals surface area contributed by atoms with Crippen LogP contribution in [-0.2, 0) is 5.41 Å². The Morgan fingerprint density at radius 3 is 1.84 bits per heavy atom. The third-order valence-electron chi connectivity index (χ3n) is 10.1. The molecular weight excluding hydrogens is 631 g/mol. The minimum absolute atomic E-state index is 0.594. The molecule has 1 spiro atoms. The van der Waals surface area contributed by atoms with Crippen molar-refractivity contribution in [3.8, 4) is 68.6 Å². The summed E-state index contributed by atoms with van der Waals surface area (Å²) in [5.41, 5.74) is 12.1. The summed E-state index contributed by atoms with van der Waals surface area (Å²) in [4.78, 5) is 14.9. The van der Waals surface area contributed by atoms with Crippen LogP contribution < -0.4 is 0 Å². The normalized spacial score (nSPS) is 14.8. The smallest absolute Gasteiger partial charge is 0.164 e. The van der Waals surface area contributed by atoms with Gasteiger partial charge >= 0.3 is 0 Å². The van der Waals surface area contributed by atoms with Crippen molar-refractivity contribution in [2.24, 2.45) is 0 Å². The van der Waals surface area contributed by atoms with Gasteiger partial charge in [0.2, 0.25) is 0 Å². The fourth-order valence-corrected chi connectivity index (χ4v) is 8.93. The van der Waals surface area contributed by atoms with Crippen LogP contribution in [-0.4, -0.2) is 15.0 Å². The van der Waals surface area contributed by atoms with Crippen LogP contribution in [0.3, 0.4) is 0 Å². The molecule has 2 aliphatic carbocycles. The van der Waals surface area contributed by atoms with Crippen LogP contribution in [0.1, 0.15) is 33.4 Å². The maximum absolute atomic E-state index is 10.2. The Balaban J connectivity index is 1.26. The van der Waals surface area contributed by atoms with Crippen LogP contribution in [0.25, 0.3) is 66.5 Å². The van der Waals surface area contributed by atoms with Crippen LogP contribution >= 0.6 is 11.3 Å². The fourth-order valence-electron chi connectivity index (χ4n) is 8.03. The first kappa shape index (κ1) is 28.3. The minimum atomic E-state index is -0.672. The Hall–Kier alpha value is -6.73. The van der Waals surface area contributed by atoms with Gasteiger partial charge in [0.1, 0.15) is 6.07 Å². The molecule has 0 saturated carbocycles. The van der Waals surface area contributed by atoms with Crippen LogP contribution in [0.5, 0.6) is 0 Å². The Bertz CT molecular complexity index is 2730. The van der Waals surface area contributed by atoms with Crippen molar-refractivity contribution in [3.05, 3.63) is 172 Å². The van der Waals surface area contributed by atoms with Crippen molar-refractivity contribution < 1.29 is 0 Å². The first-order chi connectivity index (χ1) is 24.7. The van der Waals surface area contributed by atoms with E-state index in [1.54, 1.807) is 11.3 Å². The molecule has 1 atom stereocenters. The highest BCUT2D eigenvalue weighted by Gasteiger charge is 2.52. The highest BCUT2D eigenvalue weighted by molar-refractivity contribution is 7.17. The standard InChI is InChI=1S/C44H23N5S/c45-23-26-15-17-32-37(21-26)44(36-19-20-38-39(40(32)36)30(24-46)25-50-38)34-14-8-7-13-31(34)33-22-29(16-18-35(33)44)43-48-41(27-9-3-1-4-10-27)47-42(49-43)28-11-5-2-6-12-28/h1-22,25H. The number of rotatable bonds is 3. The molecule has 10 rings (SSSR count). The molecule has 0 amide bonds. The summed E-state index contributed by atoms with van der Waals surface area (Å²) in [6, 6.07) is 50.3. The van der Waals surface area contributed by atoms with Crippen molar-refractivity contribution in [2.75, 3.05) is 0 Å². The topological polar surface area (TPSA) is 86.2 Å². The lowest BCUT2D eigenvalue weighted by Crippen LogP contribution is -2.26. The van der Waals surface area contributed by atoms with Gasteiger partial charge in [0.25, 0.3) is 0 Å². The quantitative estimate of drug-likeness (QED) is 0.189. The van der Waals surface area contributed by atoms with E-state index in [1.807, 2.05) is 78.2 Å². The molecule has 0 aliphatic heterocycles. The molecule has 2 aliphatic rings. The van der Waals surface area contributed by atoms with Gasteiger partial charge < -0.3 is 0 Å². The van der Waals surface area contributed by atoms with E-state index in [1.165, 1.54) is 0 Å². The average Bonchev–Trinajstić information content (AvgIpc) is 3.84. The lowest BCUT2D eigenvalue weighted by Gasteiger charge is -2.30. The summed E-state index contributed by atoms with van der Waals surface area (Å²) in [6.07, 6.45) is 0. The van der Waals surface area contributed by atoms with Gasteiger partial charge in [-0.15, -0.1) is 11.3 Å². The summed E-state index contributed by atoms with van der Waals surface area (Å²) < 4.78 is 1.08. The van der Waals surface area contributed by atoms with Crippen molar-refractivity contribution in [1.82, 2.24) is 15.0 Å². The van der Waals surface area contributed by atoms with Crippen LogP contribution in [0.4, 0.5) is 0 Å². The number of benzene rings is 6. The van der Waals surface area contributed by atoms with Crippen molar-refractivity contribution in [3.63, 3.8) is 0 Å². The number of thiophene rings is 1. The zero-order chi connectivity index (χ0) is 33.4. The van der Waals surface area contributed by atoms with Gasteiger partial charge in [0.15, 0.2) is 17.5 Å². The zero-order valence-electron chi connectivity index (χ0n) is 26.4. The van der Waals surface area contributed by atoms with E-state index >= 15 is 0 Å². The second-order valence-electron chi connectivity index (χ2n) is 12.6. The molecule has 0 radical (unpaired) electrons. The SMILES string of the molecule is N#Cc1ccc2c(c1)C1(c3ccccc3-c3cc(-c4nc(-c5ccccc5)nc(-c5ccccc5)n4)ccc31)c1ccc3scc(C#N)c3c1-2. The van der Waals surface area contributed by atoms with Crippen molar-refractivity contribution in [1.29, 1.82) is 10.5 Å². The van der Waals surface area contributed by atoms with Gasteiger partial charge in [-0.2, -0.15) is 10.5 Å². The van der Waals surface area contributed by atoms with Gasteiger partial charge in [0.05, 0.1) is 22.6 Å². The molecule has 230 valence electrons. The van der Waals surface area contributed by atoms with Gasteiger partial charge in [-0.3, -0.25) is 0 Å². The third-order valence-corrected chi connectivity index (χ3v) is 11.0. The van der Waals surface area contributed by atoms with E-state index in [0.29, 0.717) is 28.6 Å². The summed E-state index contributed by atoms with van der Waals surface area (Å²) in [7, 11) is 0. The molecule has 1 unspecified atom stereocenters. The van der Waals surface area contributed by atoms with Gasteiger partial charge in [-0.1, -0.05) is 109 Å². The number of nitrogens with zero attached hydrogens (tertiary/aromatic N) is 5. The Kier molecular flexibility index (Phi) is 6.02. The predicted octanol–water partition coefficient (Wildman–Crippen LogP) is 10.2. The van der Waals surface area contributed by atoms with Crippen LogP contribution in [0, 0.1) is 22.7 Å². The maximum atomic E-state index is 10.2. The molecule has 0 bridgehead atoms. The second-order valence-corrected chi connectivity index (χ2v) is 13.5. The molecule has 6 aromatic carbocycles. The number of hydrogen-bond donors (Lipinski definition) is 0. The molecular formula is C44H23N5S. The van der Waals surface area contributed by atoms with Gasteiger partial charge in [-0.25, -0.2) is 15.0 Å². The molecule has 0 N–H and O–H groups in total. The molecule has 8 aromatic rings. The molecule has 0 saturated heterocycles. The summed E-state index contributed by atoms with van der Waals surface area (Å²) in [6.45, 7) is 0. The highest BCUT2D eigenvalue weighted by atomic mass is 32.1. The monoisotopic (exact) mass is 653 g/mol. The lowest BCUT2D eigenvalue weighted by atomic mass is 9.70. The number of hydrogen-bond acceptors (Lipinski definition) is 6. The maximum Gasteiger partial charge on any atom is 0.164 e. The van der Waals surface area contributed by atoms with E-state index in [2.05, 4.69) is 72.8 Å². The van der Waals surface area contributed by atoms with Crippen LogP contribution in [0.2, 0.25) is 0 Å². The largest absolute Gasteiger partial charge is 0.208 e. The Morgan fingerprint density at radius 1 is 0.500 bits per heavy atom. The molecule has 5 nitrogen and oxygen atoms in total. The highest BCUT2D eigenvalue weighted by Crippen LogP contribution is 2.64. The third kappa shape index (κ3) is 3.83. The first-order valence-electron chi connectivity index (χ1n) is 16.3. The first-order valence-corrected chi connectivity index (χ1v) is 17.2. The fraction of sp³-hybridized carbons (Fsp3) is 0.0227. The summed E-state index contributed by atoms with van der Waals surface area (Å²) in [5.74, 6) is 1.82. The molecule has 6 heteroatoms. The predicted molar refractivity (Wildman–Crippen MR) is 197 cm³/mol. The molecule has 50 heavy (non-hydrogen) atoms. The summed E-state index contributed by atoms with van der Waals surface area (Å²) >= 11 is 1.59. The second kappa shape index (κ2) is 10.6. The minimum Gasteiger partial charge on any atom is -0.208 e. The zero-order valence-corrected chi connectivity index (χ0v) is 27.2. The van der Waals surface area contributed by atoms with E-state index in [9.17, 15) is 10.5 Å². The number of aromatic nitrogens is 3. The molecule has 0 fully saturated rings. The van der Waals surface area contributed by atoms with E-state index < -0.39 is 5.41 Å². The van der Waals surface area contributed by atoms with E-state index in [0.717, 1.165) is 71.3 Å². The lowest BCUT2D eigenvalue weighted by molar-refractivity contribution is 0.794. The summed E-state index contributed by atoms with van der Waals surface area (Å²) in [5, 5.41) is 23.2. The van der Waals surface area contributed by atoms with Crippen molar-refractivity contribution >= 4 is 21.4 Å². The molecule has 2 aromatic heterocycles.